The third kappa shape index (κ3) is 3.73. The molecular weight excluding hydrogens is 300 g/mol. The number of benzene rings is 1. The SMILES string of the molecule is CC(N)Cc1cc(Br)ccc1N1CCC(C)C(C)C1. The highest BCUT2D eigenvalue weighted by Crippen LogP contribution is 2.31. The van der Waals surface area contributed by atoms with Gasteiger partial charge in [-0.1, -0.05) is 29.8 Å². The zero-order valence-corrected chi connectivity index (χ0v) is 13.8. The van der Waals surface area contributed by atoms with Crippen molar-refractivity contribution in [2.75, 3.05) is 18.0 Å². The van der Waals surface area contributed by atoms with E-state index in [0.29, 0.717) is 0 Å². The summed E-state index contributed by atoms with van der Waals surface area (Å²) >= 11 is 3.57. The first-order chi connectivity index (χ1) is 8.97. The summed E-state index contributed by atoms with van der Waals surface area (Å²) in [5, 5.41) is 0. The van der Waals surface area contributed by atoms with E-state index in [1.165, 1.54) is 24.2 Å². The highest BCUT2D eigenvalue weighted by molar-refractivity contribution is 9.10. The fourth-order valence-electron chi connectivity index (χ4n) is 2.85. The summed E-state index contributed by atoms with van der Waals surface area (Å²) in [4.78, 5) is 2.54. The van der Waals surface area contributed by atoms with Gasteiger partial charge in [-0.15, -0.1) is 0 Å². The molecule has 2 rings (SSSR count). The average molecular weight is 325 g/mol. The summed E-state index contributed by atoms with van der Waals surface area (Å²) in [7, 11) is 0. The summed E-state index contributed by atoms with van der Waals surface area (Å²) in [6.07, 6.45) is 2.23. The summed E-state index contributed by atoms with van der Waals surface area (Å²) in [6, 6.07) is 6.81. The van der Waals surface area contributed by atoms with Crippen molar-refractivity contribution >= 4 is 21.6 Å². The van der Waals surface area contributed by atoms with Crippen LogP contribution in [-0.2, 0) is 6.42 Å². The van der Waals surface area contributed by atoms with Crippen LogP contribution in [0.25, 0.3) is 0 Å². The average Bonchev–Trinajstić information content (AvgIpc) is 2.32. The molecule has 1 aromatic carbocycles. The van der Waals surface area contributed by atoms with Crippen LogP contribution in [0.15, 0.2) is 22.7 Å². The van der Waals surface area contributed by atoms with E-state index in [1.54, 1.807) is 0 Å². The Labute approximate surface area is 125 Å². The molecule has 0 saturated carbocycles. The molecular formula is C16H25BrN2. The molecule has 1 saturated heterocycles. The van der Waals surface area contributed by atoms with E-state index < -0.39 is 0 Å². The van der Waals surface area contributed by atoms with Crippen molar-refractivity contribution in [3.8, 4) is 0 Å². The molecule has 1 aliphatic heterocycles. The molecule has 1 fully saturated rings. The van der Waals surface area contributed by atoms with Crippen LogP contribution in [0.2, 0.25) is 0 Å². The maximum absolute atomic E-state index is 5.99. The lowest BCUT2D eigenvalue weighted by molar-refractivity contribution is 0.323. The molecule has 0 radical (unpaired) electrons. The third-order valence-electron chi connectivity index (χ3n) is 4.26. The lowest BCUT2D eigenvalue weighted by Crippen LogP contribution is -2.39. The molecule has 106 valence electrons. The molecule has 1 aromatic rings. The predicted octanol–water partition coefficient (Wildman–Crippen LogP) is 3.82. The van der Waals surface area contributed by atoms with Crippen molar-refractivity contribution in [2.45, 2.75) is 39.7 Å². The normalized spacial score (nSPS) is 25.4. The molecule has 2 N–H and O–H groups in total. The van der Waals surface area contributed by atoms with Gasteiger partial charge in [-0.2, -0.15) is 0 Å². The van der Waals surface area contributed by atoms with Crippen LogP contribution in [-0.4, -0.2) is 19.1 Å². The first-order valence-electron chi connectivity index (χ1n) is 7.26. The number of piperidine rings is 1. The lowest BCUT2D eigenvalue weighted by Gasteiger charge is -2.38. The summed E-state index contributed by atoms with van der Waals surface area (Å²) in [5.41, 5.74) is 8.73. The van der Waals surface area contributed by atoms with Crippen LogP contribution in [0.3, 0.4) is 0 Å². The van der Waals surface area contributed by atoms with Gasteiger partial charge >= 0.3 is 0 Å². The van der Waals surface area contributed by atoms with Crippen LogP contribution in [0.4, 0.5) is 5.69 Å². The summed E-state index contributed by atoms with van der Waals surface area (Å²) in [5.74, 6) is 1.60. The van der Waals surface area contributed by atoms with Crippen molar-refractivity contribution < 1.29 is 0 Å². The number of rotatable bonds is 3. The molecule has 1 aliphatic rings. The van der Waals surface area contributed by atoms with Crippen molar-refractivity contribution in [3.63, 3.8) is 0 Å². The van der Waals surface area contributed by atoms with E-state index >= 15 is 0 Å². The fraction of sp³-hybridized carbons (Fsp3) is 0.625. The van der Waals surface area contributed by atoms with Gasteiger partial charge in [-0.3, -0.25) is 0 Å². The van der Waals surface area contributed by atoms with Gasteiger partial charge in [-0.05, 0) is 55.4 Å². The number of hydrogen-bond acceptors (Lipinski definition) is 2. The lowest BCUT2D eigenvalue weighted by atomic mass is 9.88. The minimum Gasteiger partial charge on any atom is -0.371 e. The Kier molecular flexibility index (Phi) is 4.91. The second-order valence-electron chi connectivity index (χ2n) is 6.14. The van der Waals surface area contributed by atoms with E-state index in [-0.39, 0.29) is 6.04 Å². The fourth-order valence-corrected chi connectivity index (χ4v) is 3.26. The second kappa shape index (κ2) is 6.27. The minimum absolute atomic E-state index is 0.203. The molecule has 1 heterocycles. The van der Waals surface area contributed by atoms with Crippen LogP contribution in [0.5, 0.6) is 0 Å². The molecule has 0 spiro atoms. The Bertz CT molecular complexity index is 431. The molecule has 0 aliphatic carbocycles. The van der Waals surface area contributed by atoms with Gasteiger partial charge in [0.25, 0.3) is 0 Å². The number of anilines is 1. The molecule has 0 bridgehead atoms. The molecule has 3 heteroatoms. The van der Waals surface area contributed by atoms with Crippen molar-refractivity contribution in [1.29, 1.82) is 0 Å². The monoisotopic (exact) mass is 324 g/mol. The number of nitrogens with zero attached hydrogens (tertiary/aromatic N) is 1. The zero-order chi connectivity index (χ0) is 14.0. The molecule has 0 amide bonds. The molecule has 2 nitrogen and oxygen atoms in total. The van der Waals surface area contributed by atoms with Gasteiger partial charge in [0.05, 0.1) is 0 Å². The Morgan fingerprint density at radius 3 is 2.74 bits per heavy atom. The maximum atomic E-state index is 5.99. The van der Waals surface area contributed by atoms with Gasteiger partial charge in [0.15, 0.2) is 0 Å². The minimum atomic E-state index is 0.203. The van der Waals surface area contributed by atoms with Crippen LogP contribution < -0.4 is 10.6 Å². The van der Waals surface area contributed by atoms with Crippen molar-refractivity contribution in [1.82, 2.24) is 0 Å². The first kappa shape index (κ1) is 14.9. The highest BCUT2D eigenvalue weighted by Gasteiger charge is 2.24. The maximum Gasteiger partial charge on any atom is 0.0400 e. The van der Waals surface area contributed by atoms with Crippen molar-refractivity contribution in [2.24, 2.45) is 17.6 Å². The van der Waals surface area contributed by atoms with E-state index in [4.69, 9.17) is 5.73 Å². The Morgan fingerprint density at radius 2 is 2.11 bits per heavy atom. The van der Waals surface area contributed by atoms with Gasteiger partial charge in [0.1, 0.15) is 0 Å². The highest BCUT2D eigenvalue weighted by atomic mass is 79.9. The van der Waals surface area contributed by atoms with Crippen molar-refractivity contribution in [3.05, 3.63) is 28.2 Å². The zero-order valence-electron chi connectivity index (χ0n) is 12.2. The largest absolute Gasteiger partial charge is 0.371 e. The van der Waals surface area contributed by atoms with E-state index in [0.717, 1.165) is 29.3 Å². The van der Waals surface area contributed by atoms with Crippen LogP contribution >= 0.6 is 15.9 Å². The Balaban J connectivity index is 2.23. The smallest absolute Gasteiger partial charge is 0.0400 e. The number of nitrogens with two attached hydrogens (primary N) is 1. The number of hydrogen-bond donors (Lipinski definition) is 1. The van der Waals surface area contributed by atoms with E-state index in [1.807, 2.05) is 0 Å². The van der Waals surface area contributed by atoms with E-state index in [9.17, 15) is 0 Å². The second-order valence-corrected chi connectivity index (χ2v) is 7.06. The van der Waals surface area contributed by atoms with Crippen LogP contribution in [0, 0.1) is 11.8 Å². The predicted molar refractivity (Wildman–Crippen MR) is 86.7 cm³/mol. The van der Waals surface area contributed by atoms with Gasteiger partial charge < -0.3 is 10.6 Å². The van der Waals surface area contributed by atoms with E-state index in [2.05, 4.69) is 59.8 Å². The first-order valence-corrected chi connectivity index (χ1v) is 8.05. The van der Waals surface area contributed by atoms with Gasteiger partial charge in [0, 0.05) is 29.3 Å². The Morgan fingerprint density at radius 1 is 1.37 bits per heavy atom. The quantitative estimate of drug-likeness (QED) is 0.915. The molecule has 19 heavy (non-hydrogen) atoms. The topological polar surface area (TPSA) is 29.3 Å². The standard InChI is InChI=1S/C16H25BrN2/c1-11-6-7-19(10-12(11)2)16-5-4-15(17)9-14(16)8-13(3)18/h4-5,9,11-13H,6-8,10,18H2,1-3H3. The third-order valence-corrected chi connectivity index (χ3v) is 4.75. The van der Waals surface area contributed by atoms with Gasteiger partial charge in [-0.25, -0.2) is 0 Å². The summed E-state index contributed by atoms with van der Waals surface area (Å²) in [6.45, 7) is 9.13. The Hall–Kier alpha value is -0.540. The molecule has 3 atom stereocenters. The van der Waals surface area contributed by atoms with Crippen LogP contribution in [0.1, 0.15) is 32.8 Å². The summed E-state index contributed by atoms with van der Waals surface area (Å²) < 4.78 is 1.14. The molecule has 3 unspecified atom stereocenters. The van der Waals surface area contributed by atoms with Gasteiger partial charge in [0.2, 0.25) is 0 Å². The number of halogens is 1. The molecule has 0 aromatic heterocycles.